The standard InChI is InChI=1S/C18H19ClN6O3S/c1-25-18(22-23-24-25)29-11-13-7-15(16(27-2)9-20-13)28-10-17(26)21-8-12-5-3-4-6-14(12)19/h3-7,9H,8,10-11H2,1-2H3,(H,21,26). The second kappa shape index (κ2) is 10.1. The van der Waals surface area contributed by atoms with E-state index in [1.54, 1.807) is 30.1 Å². The van der Waals surface area contributed by atoms with Crippen LogP contribution < -0.4 is 14.8 Å². The van der Waals surface area contributed by atoms with Crippen LogP contribution in [0.2, 0.25) is 5.02 Å². The lowest BCUT2D eigenvalue weighted by Gasteiger charge is -2.12. The highest BCUT2D eigenvalue weighted by atomic mass is 35.5. The molecule has 0 atom stereocenters. The Kier molecular flexibility index (Phi) is 7.25. The fraction of sp³-hybridized carbons (Fsp3) is 0.278. The first kappa shape index (κ1) is 20.9. The van der Waals surface area contributed by atoms with Gasteiger partial charge in [0.15, 0.2) is 18.1 Å². The van der Waals surface area contributed by atoms with Gasteiger partial charge in [-0.05, 0) is 22.1 Å². The van der Waals surface area contributed by atoms with Gasteiger partial charge in [-0.2, -0.15) is 0 Å². The molecule has 11 heteroatoms. The number of benzene rings is 1. The number of halogens is 1. The summed E-state index contributed by atoms with van der Waals surface area (Å²) in [5, 5.41) is 15.3. The number of tetrazole rings is 1. The summed E-state index contributed by atoms with van der Waals surface area (Å²) in [5.41, 5.74) is 1.58. The zero-order valence-electron chi connectivity index (χ0n) is 15.8. The molecule has 9 nitrogen and oxygen atoms in total. The van der Waals surface area contributed by atoms with E-state index >= 15 is 0 Å². The molecule has 0 radical (unpaired) electrons. The van der Waals surface area contributed by atoms with Crippen molar-refractivity contribution in [3.8, 4) is 11.5 Å². The van der Waals surface area contributed by atoms with E-state index in [9.17, 15) is 4.79 Å². The van der Waals surface area contributed by atoms with Gasteiger partial charge in [-0.1, -0.05) is 41.6 Å². The molecule has 0 saturated heterocycles. The van der Waals surface area contributed by atoms with Gasteiger partial charge in [-0.25, -0.2) is 4.68 Å². The number of nitrogens with zero attached hydrogens (tertiary/aromatic N) is 5. The van der Waals surface area contributed by atoms with Gasteiger partial charge in [0.05, 0.1) is 19.0 Å². The summed E-state index contributed by atoms with van der Waals surface area (Å²) in [6.45, 7) is 0.160. The van der Waals surface area contributed by atoms with Gasteiger partial charge >= 0.3 is 0 Å². The molecule has 2 aromatic heterocycles. The minimum Gasteiger partial charge on any atom is -0.491 e. The summed E-state index contributed by atoms with van der Waals surface area (Å²) < 4.78 is 12.5. The molecule has 0 saturated carbocycles. The van der Waals surface area contributed by atoms with Gasteiger partial charge in [0, 0.05) is 30.4 Å². The number of pyridine rings is 1. The first-order chi connectivity index (χ1) is 14.1. The van der Waals surface area contributed by atoms with Crippen molar-refractivity contribution in [2.75, 3.05) is 13.7 Å². The van der Waals surface area contributed by atoms with E-state index in [2.05, 4.69) is 25.8 Å². The number of methoxy groups -OCH3 is 1. The Morgan fingerprint density at radius 2 is 2.14 bits per heavy atom. The maximum absolute atomic E-state index is 12.1. The predicted molar refractivity (Wildman–Crippen MR) is 108 cm³/mol. The third-order valence-electron chi connectivity index (χ3n) is 3.83. The molecule has 1 N–H and O–H groups in total. The first-order valence-electron chi connectivity index (χ1n) is 8.57. The van der Waals surface area contributed by atoms with Crippen molar-refractivity contribution in [3.63, 3.8) is 0 Å². The minimum atomic E-state index is -0.273. The molecule has 29 heavy (non-hydrogen) atoms. The Hall–Kier alpha value is -2.85. The zero-order chi connectivity index (χ0) is 20.6. The van der Waals surface area contributed by atoms with E-state index in [4.69, 9.17) is 21.1 Å². The lowest BCUT2D eigenvalue weighted by atomic mass is 10.2. The monoisotopic (exact) mass is 434 g/mol. The fourth-order valence-corrected chi connectivity index (χ4v) is 3.28. The topological polar surface area (TPSA) is 104 Å². The molecule has 0 bridgehead atoms. The maximum Gasteiger partial charge on any atom is 0.258 e. The average Bonchev–Trinajstić information content (AvgIpc) is 3.15. The Balaban J connectivity index is 1.56. The number of ether oxygens (including phenoxy) is 2. The van der Waals surface area contributed by atoms with Crippen LogP contribution in [-0.4, -0.2) is 44.8 Å². The molecule has 2 heterocycles. The predicted octanol–water partition coefficient (Wildman–Crippen LogP) is 2.25. The second-order valence-corrected chi connectivity index (χ2v) is 7.21. The number of amides is 1. The van der Waals surface area contributed by atoms with Gasteiger partial charge < -0.3 is 14.8 Å². The average molecular weight is 435 g/mol. The number of carbonyl (C=O) groups is 1. The molecule has 0 aliphatic rings. The number of aryl methyl sites for hydroxylation is 1. The lowest BCUT2D eigenvalue weighted by Crippen LogP contribution is -2.28. The van der Waals surface area contributed by atoms with Crippen molar-refractivity contribution in [1.82, 2.24) is 30.5 Å². The Labute approximate surface area is 176 Å². The van der Waals surface area contributed by atoms with Gasteiger partial charge in [0.25, 0.3) is 5.91 Å². The molecule has 0 aliphatic heterocycles. The van der Waals surface area contributed by atoms with Crippen molar-refractivity contribution in [2.24, 2.45) is 7.05 Å². The van der Waals surface area contributed by atoms with Crippen molar-refractivity contribution in [3.05, 3.63) is 52.8 Å². The number of rotatable bonds is 9. The van der Waals surface area contributed by atoms with Crippen LogP contribution in [0.3, 0.4) is 0 Å². The van der Waals surface area contributed by atoms with E-state index in [0.29, 0.717) is 34.0 Å². The van der Waals surface area contributed by atoms with Crippen LogP contribution in [0.15, 0.2) is 41.7 Å². The van der Waals surface area contributed by atoms with Crippen LogP contribution in [0.1, 0.15) is 11.3 Å². The second-order valence-electron chi connectivity index (χ2n) is 5.86. The number of hydrogen-bond acceptors (Lipinski definition) is 8. The highest BCUT2D eigenvalue weighted by Crippen LogP contribution is 2.28. The molecule has 1 aromatic carbocycles. The van der Waals surface area contributed by atoms with Gasteiger partial charge in [0.1, 0.15) is 0 Å². The molecule has 3 aromatic rings. The largest absolute Gasteiger partial charge is 0.491 e. The number of nitrogens with one attached hydrogen (secondary N) is 1. The lowest BCUT2D eigenvalue weighted by molar-refractivity contribution is -0.123. The number of aromatic nitrogens is 5. The third kappa shape index (κ3) is 5.81. The van der Waals surface area contributed by atoms with E-state index in [0.717, 1.165) is 11.3 Å². The Morgan fingerprint density at radius 1 is 1.31 bits per heavy atom. The smallest absolute Gasteiger partial charge is 0.258 e. The summed E-state index contributed by atoms with van der Waals surface area (Å²) in [6, 6.07) is 9.06. The van der Waals surface area contributed by atoms with Crippen molar-refractivity contribution < 1.29 is 14.3 Å². The van der Waals surface area contributed by atoms with Crippen LogP contribution in [0.25, 0.3) is 0 Å². The SMILES string of the molecule is COc1cnc(CSc2nnnn2C)cc1OCC(=O)NCc1ccccc1Cl. The summed E-state index contributed by atoms with van der Waals surface area (Å²) in [7, 11) is 3.28. The molecule has 152 valence electrons. The van der Waals surface area contributed by atoms with Crippen molar-refractivity contribution >= 4 is 29.3 Å². The highest BCUT2D eigenvalue weighted by Gasteiger charge is 2.12. The van der Waals surface area contributed by atoms with Crippen molar-refractivity contribution in [1.29, 1.82) is 0 Å². The van der Waals surface area contributed by atoms with E-state index in [-0.39, 0.29) is 12.5 Å². The van der Waals surface area contributed by atoms with Crippen LogP contribution in [0, 0.1) is 0 Å². The third-order valence-corrected chi connectivity index (χ3v) is 5.24. The van der Waals surface area contributed by atoms with Gasteiger partial charge in [-0.3, -0.25) is 9.78 Å². The first-order valence-corrected chi connectivity index (χ1v) is 9.94. The van der Waals surface area contributed by atoms with E-state index < -0.39 is 0 Å². The molecule has 0 spiro atoms. The molecule has 0 unspecified atom stereocenters. The van der Waals surface area contributed by atoms with Crippen molar-refractivity contribution in [2.45, 2.75) is 17.5 Å². The molecule has 0 fully saturated rings. The quantitative estimate of drug-likeness (QED) is 0.511. The van der Waals surface area contributed by atoms with Crippen LogP contribution in [0.4, 0.5) is 0 Å². The van der Waals surface area contributed by atoms with Gasteiger partial charge in [-0.15, -0.1) is 5.10 Å². The highest BCUT2D eigenvalue weighted by molar-refractivity contribution is 7.98. The number of carbonyl (C=O) groups excluding carboxylic acids is 1. The van der Waals surface area contributed by atoms with Crippen LogP contribution in [0.5, 0.6) is 11.5 Å². The van der Waals surface area contributed by atoms with Gasteiger partial charge in [0.2, 0.25) is 5.16 Å². The zero-order valence-corrected chi connectivity index (χ0v) is 17.4. The molecule has 0 aliphatic carbocycles. The Bertz CT molecular complexity index is 984. The number of hydrogen-bond donors (Lipinski definition) is 1. The summed E-state index contributed by atoms with van der Waals surface area (Å²) in [4.78, 5) is 16.5. The summed E-state index contributed by atoms with van der Waals surface area (Å²) in [6.07, 6.45) is 1.56. The fourth-order valence-electron chi connectivity index (χ4n) is 2.32. The van der Waals surface area contributed by atoms with E-state index in [1.807, 2.05) is 18.2 Å². The summed E-state index contributed by atoms with van der Waals surface area (Å²) >= 11 is 7.53. The molecule has 3 rings (SSSR count). The molecular formula is C18H19ClN6O3S. The molecular weight excluding hydrogens is 416 g/mol. The van der Waals surface area contributed by atoms with Crippen LogP contribution in [-0.2, 0) is 24.1 Å². The normalized spacial score (nSPS) is 10.6. The Morgan fingerprint density at radius 3 is 2.86 bits per heavy atom. The van der Waals surface area contributed by atoms with E-state index in [1.165, 1.54) is 18.9 Å². The summed E-state index contributed by atoms with van der Waals surface area (Å²) in [5.74, 6) is 1.14. The maximum atomic E-state index is 12.1. The van der Waals surface area contributed by atoms with Crippen LogP contribution >= 0.6 is 23.4 Å². The minimum absolute atomic E-state index is 0.162. The number of thioether (sulfide) groups is 1. The molecule has 1 amide bonds.